The van der Waals surface area contributed by atoms with Crippen molar-refractivity contribution in [3.8, 4) is 0 Å². The second kappa shape index (κ2) is 57.9. The summed E-state index contributed by atoms with van der Waals surface area (Å²) in [5.41, 5.74) is 0.154. The fourth-order valence-corrected chi connectivity index (χ4v) is 18.7. The number of anilines is 2. The van der Waals surface area contributed by atoms with Gasteiger partial charge in [-0.25, -0.2) is 38.5 Å². The van der Waals surface area contributed by atoms with E-state index in [-0.39, 0.29) is 94.1 Å². The van der Waals surface area contributed by atoms with E-state index < -0.39 is 180 Å². The third-order valence-electron chi connectivity index (χ3n) is 22.9. The molecular formula is C88H139FN13O26P3S. The average Bonchev–Trinajstić information content (AvgIpc) is 1.60. The van der Waals surface area contributed by atoms with Gasteiger partial charge < -0.3 is 92.6 Å². The van der Waals surface area contributed by atoms with Crippen LogP contribution in [-0.2, 0) is 112 Å². The number of unbranched alkanes of at least 4 members (excludes halogenated alkanes) is 28. The Balaban J connectivity index is 0.682. The molecule has 3 aliphatic heterocycles. The number of esters is 2. The minimum atomic E-state index is -4.77. The lowest BCUT2D eigenvalue weighted by Crippen LogP contribution is -2.53. The molecule has 9 N–H and O–H groups in total. The number of halogens is 1. The van der Waals surface area contributed by atoms with Gasteiger partial charge in [0.1, 0.15) is 74.3 Å². The number of amides is 6. The third-order valence-corrected chi connectivity index (χ3v) is 26.7. The van der Waals surface area contributed by atoms with Gasteiger partial charge in [-0.1, -0.05) is 220 Å². The minimum Gasteiger partial charge on any atom is -0.462 e. The van der Waals surface area contributed by atoms with E-state index >= 15 is 4.39 Å². The number of carbonyl (C=O) groups is 8. The number of phosphoric acid groups is 1. The molecule has 6 amide bonds. The maximum atomic E-state index is 15.1. The number of aliphatic hydroxyl groups is 1. The number of benzene rings is 1. The molecule has 4 aromatic heterocycles. The van der Waals surface area contributed by atoms with E-state index in [4.69, 9.17) is 67.4 Å². The number of aromatic nitrogens is 7. The van der Waals surface area contributed by atoms with E-state index in [0.717, 1.165) is 68.4 Å². The summed E-state index contributed by atoms with van der Waals surface area (Å²) < 4.78 is 113. The lowest BCUT2D eigenvalue weighted by Gasteiger charge is -2.27. The number of hydrogen-bond acceptors (Lipinski definition) is 29. The highest BCUT2D eigenvalue weighted by molar-refractivity contribution is 8.07. The van der Waals surface area contributed by atoms with Crippen LogP contribution in [0.25, 0.3) is 22.2 Å². The van der Waals surface area contributed by atoms with Gasteiger partial charge in [0.15, 0.2) is 40.8 Å². The van der Waals surface area contributed by atoms with Gasteiger partial charge >= 0.3 is 46.3 Å². The molecule has 0 saturated carbocycles. The molecule has 39 nitrogen and oxygen atoms in total. The van der Waals surface area contributed by atoms with Gasteiger partial charge in [0.05, 0.1) is 51.7 Å². The Labute approximate surface area is 776 Å². The third kappa shape index (κ3) is 38.7. The number of aliphatic hydroxyl groups excluding tert-OH is 1. The highest BCUT2D eigenvalue weighted by Gasteiger charge is 2.51. The van der Waals surface area contributed by atoms with E-state index in [0.29, 0.717) is 24.1 Å². The number of hydrogen-bond donors (Lipinski definition) is 9. The lowest BCUT2D eigenvalue weighted by atomic mass is 10.0. The SMILES string of the molecule is CCCCCCCCCCCCCCCCCC(=O)OC[C@H](COP(=O)(O)OCCNC(=O)CCCC(=O)N[C@H](C(=O)N[C@@H](C)C(=O)Nc1ccc(COC(=O)N(C)CCOC(=O)Nc2ncnc3c2ncn3[C@H]2C[C@@H]3O[P@@](C)(=O)OC[C@H]4O[C@@H](n5cc(F)c6c(=O)[nH]cnc65)[C@H](OP(O)(=S)OC[C@H]3O2)[C@@H]4O)cc1)C(C)C)OC(=O)CCCCCCCCCCCCCCCCC. The molecule has 3 saturated heterocycles. The van der Waals surface area contributed by atoms with Gasteiger partial charge in [-0.05, 0) is 61.6 Å². The quantitative estimate of drug-likeness (QED) is 0.00755. The van der Waals surface area contributed by atoms with Crippen LogP contribution in [0.2, 0.25) is 0 Å². The van der Waals surface area contributed by atoms with Crippen molar-refractivity contribution in [1.29, 1.82) is 0 Å². The number of H-pyrrole nitrogens is 1. The molecule has 8 rings (SSSR count). The van der Waals surface area contributed by atoms with E-state index in [2.05, 4.69) is 65.4 Å². The fourth-order valence-electron chi connectivity index (χ4n) is 15.4. The number of ether oxygens (including phenoxy) is 6. The number of nitrogens with one attached hydrogen (secondary N) is 6. The van der Waals surface area contributed by atoms with Crippen LogP contribution in [0.15, 0.2) is 54.2 Å². The smallest absolute Gasteiger partial charge is 0.462 e. The number of nitrogens with zero attached hydrogens (tertiary/aromatic N) is 7. The molecule has 7 heterocycles. The first kappa shape index (κ1) is 109. The average molecular weight is 1940 g/mol. The van der Waals surface area contributed by atoms with Crippen molar-refractivity contribution in [2.75, 3.05) is 77.1 Å². The molecule has 2 bridgehead atoms. The van der Waals surface area contributed by atoms with Crippen molar-refractivity contribution in [3.05, 3.63) is 71.2 Å². The number of carbonyl (C=O) groups excluding carboxylic acids is 8. The maximum Gasteiger partial charge on any atom is 0.472 e. The summed E-state index contributed by atoms with van der Waals surface area (Å²) in [6.07, 6.45) is 27.9. The second-order valence-electron chi connectivity index (χ2n) is 34.3. The lowest BCUT2D eigenvalue weighted by molar-refractivity contribution is -0.161. The first-order chi connectivity index (χ1) is 63.3. The molecule has 0 spiro atoms. The predicted octanol–water partition coefficient (Wildman–Crippen LogP) is 14.9. The number of rotatable bonds is 60. The topological polar surface area (TPSA) is 500 Å². The van der Waals surface area contributed by atoms with Crippen molar-refractivity contribution in [3.63, 3.8) is 0 Å². The zero-order chi connectivity index (χ0) is 95.4. The minimum absolute atomic E-state index is 0.0344. The van der Waals surface area contributed by atoms with Gasteiger partial charge in [-0.2, -0.15) is 0 Å². The molecule has 3 aliphatic rings. The molecule has 2 unspecified atom stereocenters. The van der Waals surface area contributed by atoms with Crippen molar-refractivity contribution in [2.24, 2.45) is 5.92 Å². The molecule has 3 fully saturated rings. The van der Waals surface area contributed by atoms with Gasteiger partial charge in [0, 0.05) is 64.2 Å². The van der Waals surface area contributed by atoms with Gasteiger partial charge in [-0.15, -0.1) is 0 Å². The summed E-state index contributed by atoms with van der Waals surface area (Å²) in [7, 11) is -7.40. The Kier molecular flexibility index (Phi) is 48.0. The van der Waals surface area contributed by atoms with Crippen molar-refractivity contribution >= 4 is 115 Å². The standard InChI is InChI=1S/C88H139FN13O26P3S/c1-8-10-12-14-16-18-20-22-24-26-28-30-32-34-36-41-73(105)118-54-65(124-74(106)42-37-35-33-31-29-27-25-23-21-19-17-15-13-11-9-2)55-122-130(114,115)120-49-47-90-70(103)39-38-40-71(104)98-76(61(3)4)85(110)96-62(5)83(108)97-64-45-43-63(44-46-64)53-119-88(112)100(6)48-50-117-87(111)99-80-77-82(93-58-91-80)102(60-95-77)72-51-67-68(125-72)56-123-131(116,132)128-79-78(107)69(57-121-129(7,113)127-67)126-86(79)101-52-66(89)75-81(101)92-59-94-84(75)109/h43-46,52,58-62,65,67-69,72,76,78-79,86,107H,8-42,47-51,53-57H2,1-7H3,(H,90,103)(H,96,110)(H,97,108)(H,98,104)(H,114,115)(H,116,132)(H,92,94,109)(H,91,93,99,111)/t62-,65+,67-,68+,69+,72+,76-,78+,79+,86+,129-,131?/m0/s1. The van der Waals surface area contributed by atoms with E-state index in [1.54, 1.807) is 38.1 Å². The summed E-state index contributed by atoms with van der Waals surface area (Å²) in [5.74, 6) is -4.73. The zero-order valence-electron chi connectivity index (χ0n) is 77.3. The Morgan fingerprint density at radius 2 is 1.25 bits per heavy atom. The summed E-state index contributed by atoms with van der Waals surface area (Å²) in [4.78, 5) is 160. The number of aromatic amines is 1. The number of likely N-dealkylation sites (N-methyl/N-ethyl adjacent to an activating group) is 1. The number of imidazole rings is 1. The Morgan fingerprint density at radius 1 is 0.659 bits per heavy atom. The molecule has 0 radical (unpaired) electrons. The normalized spacial score (nSPS) is 20.9. The van der Waals surface area contributed by atoms with Crippen LogP contribution in [0.5, 0.6) is 0 Å². The van der Waals surface area contributed by atoms with Crippen molar-refractivity contribution in [1.82, 2.24) is 54.9 Å². The van der Waals surface area contributed by atoms with Gasteiger partial charge in [0.2, 0.25) is 23.6 Å². The Bertz CT molecular complexity index is 4630. The molecule has 132 heavy (non-hydrogen) atoms. The van der Waals surface area contributed by atoms with Crippen LogP contribution in [0.1, 0.15) is 284 Å². The van der Waals surface area contributed by atoms with Crippen molar-refractivity contribution in [2.45, 2.75) is 334 Å². The summed E-state index contributed by atoms with van der Waals surface area (Å²) in [6.45, 7) is 2.87. The first-order valence-electron chi connectivity index (χ1n) is 46.8. The van der Waals surface area contributed by atoms with Gasteiger partial charge in [0.25, 0.3) is 5.56 Å². The molecule has 740 valence electrons. The molecule has 0 aliphatic carbocycles. The van der Waals surface area contributed by atoms with E-state index in [9.17, 15) is 67.2 Å². The van der Waals surface area contributed by atoms with Crippen LogP contribution < -0.4 is 32.1 Å². The zero-order valence-corrected chi connectivity index (χ0v) is 80.8. The Hall–Kier alpha value is -7.85. The van der Waals surface area contributed by atoms with E-state index in [1.165, 1.54) is 171 Å². The molecule has 44 heteroatoms. The van der Waals surface area contributed by atoms with Crippen LogP contribution >= 0.6 is 22.1 Å². The first-order valence-corrected chi connectivity index (χ1v) is 52.9. The molecule has 5 aromatic rings. The molecular weight excluding hydrogens is 1800 g/mol. The second-order valence-corrected chi connectivity index (χ2v) is 40.5. The summed E-state index contributed by atoms with van der Waals surface area (Å²) >= 11 is 5.37. The van der Waals surface area contributed by atoms with Crippen LogP contribution in [0.3, 0.4) is 0 Å². The van der Waals surface area contributed by atoms with Crippen LogP contribution in [-0.4, -0.2) is 217 Å². The molecule has 13 atom stereocenters. The largest absolute Gasteiger partial charge is 0.472 e. The Morgan fingerprint density at radius 3 is 1.86 bits per heavy atom. The number of phosphoric ester groups is 1. The van der Waals surface area contributed by atoms with Crippen LogP contribution in [0, 0.1) is 11.7 Å². The molecule has 1 aromatic carbocycles. The highest BCUT2D eigenvalue weighted by atomic mass is 32.5. The van der Waals surface area contributed by atoms with Crippen LogP contribution in [0.4, 0.5) is 25.5 Å². The van der Waals surface area contributed by atoms with E-state index in [1.807, 2.05) is 0 Å². The monoisotopic (exact) mass is 1940 g/mol. The maximum absolute atomic E-state index is 15.1. The predicted molar refractivity (Wildman–Crippen MR) is 492 cm³/mol. The fraction of sp³-hybridized carbons (Fsp3) is 0.716. The summed E-state index contributed by atoms with van der Waals surface area (Å²) in [5, 5.41) is 24.1. The highest BCUT2D eigenvalue weighted by Crippen LogP contribution is 2.54. The number of fused-ring (bicyclic) bond motifs is 5. The van der Waals surface area contributed by atoms with Gasteiger partial charge in [-0.3, -0.25) is 61.6 Å². The van der Waals surface area contributed by atoms with Crippen molar-refractivity contribution < 1.29 is 122 Å². The summed E-state index contributed by atoms with van der Waals surface area (Å²) in [6, 6.07) is 4.19.